The van der Waals surface area contributed by atoms with Crippen molar-refractivity contribution in [2.45, 2.75) is 52.4 Å². The molecule has 0 aliphatic rings. The Morgan fingerprint density at radius 1 is 0.451 bits per heavy atom. The highest BCUT2D eigenvalue weighted by Gasteiger charge is 2.22. The Kier molecular flexibility index (Phi) is 6.88. The van der Waals surface area contributed by atoms with Gasteiger partial charge < -0.3 is 13.7 Å². The Hall–Kier alpha value is -5.94. The maximum atomic E-state index is 5.66. The van der Waals surface area contributed by atoms with E-state index in [0.717, 1.165) is 33.5 Å². The average molecular weight is 665 g/mol. The molecule has 0 radical (unpaired) electrons. The lowest BCUT2D eigenvalue weighted by Crippen LogP contribution is -2.10. The van der Waals surface area contributed by atoms with Crippen LogP contribution in [0.2, 0.25) is 0 Å². The zero-order valence-corrected chi connectivity index (χ0v) is 29.9. The third-order valence-electron chi connectivity index (χ3n) is 10.2. The molecule has 5 heteroatoms. The van der Waals surface area contributed by atoms with Crippen molar-refractivity contribution in [3.05, 3.63) is 145 Å². The monoisotopic (exact) mass is 664 g/mol. The van der Waals surface area contributed by atoms with Gasteiger partial charge in [-0.3, -0.25) is 0 Å². The summed E-state index contributed by atoms with van der Waals surface area (Å²) in [5, 5.41) is 9.24. The van der Waals surface area contributed by atoms with E-state index in [4.69, 9.17) is 4.52 Å². The van der Waals surface area contributed by atoms with Crippen LogP contribution < -0.4 is 0 Å². The van der Waals surface area contributed by atoms with Crippen molar-refractivity contribution in [1.29, 1.82) is 0 Å². The number of fused-ring (bicyclic) bond motifs is 6. The summed E-state index contributed by atoms with van der Waals surface area (Å²) in [6, 6.07) is 47.9. The van der Waals surface area contributed by atoms with E-state index < -0.39 is 0 Å². The first-order chi connectivity index (χ1) is 24.5. The van der Waals surface area contributed by atoms with Gasteiger partial charge in [0.1, 0.15) is 0 Å². The number of hydrogen-bond acceptors (Lipinski definition) is 3. The fraction of sp³-hybridized carbons (Fsp3) is 0.174. The van der Waals surface area contributed by atoms with Crippen LogP contribution in [0.4, 0.5) is 0 Å². The molecule has 250 valence electrons. The van der Waals surface area contributed by atoms with Crippen LogP contribution in [0.15, 0.2) is 138 Å². The molecule has 51 heavy (non-hydrogen) atoms. The van der Waals surface area contributed by atoms with E-state index >= 15 is 0 Å². The molecule has 0 saturated carbocycles. The van der Waals surface area contributed by atoms with Gasteiger partial charge >= 0.3 is 0 Å². The normalized spacial score (nSPS) is 12.5. The molecule has 0 aliphatic carbocycles. The Labute approximate surface area is 297 Å². The van der Waals surface area contributed by atoms with Crippen molar-refractivity contribution in [3.63, 3.8) is 0 Å². The molecule has 6 aromatic carbocycles. The number of nitrogens with zero attached hydrogens (tertiary/aromatic N) is 4. The van der Waals surface area contributed by atoms with E-state index in [1.807, 2.05) is 30.3 Å². The number of benzene rings is 6. The molecule has 0 N–H and O–H groups in total. The van der Waals surface area contributed by atoms with Crippen LogP contribution >= 0.6 is 0 Å². The molecular weight excluding hydrogens is 625 g/mol. The van der Waals surface area contributed by atoms with Crippen molar-refractivity contribution >= 4 is 43.6 Å². The maximum absolute atomic E-state index is 5.66. The first-order valence-electron chi connectivity index (χ1n) is 17.7. The Balaban J connectivity index is 1.19. The third-order valence-corrected chi connectivity index (χ3v) is 10.2. The summed E-state index contributed by atoms with van der Waals surface area (Å²) in [4.78, 5) is 4.67. The van der Waals surface area contributed by atoms with E-state index in [1.165, 1.54) is 43.7 Å². The van der Waals surface area contributed by atoms with Gasteiger partial charge in [0, 0.05) is 44.0 Å². The fourth-order valence-corrected chi connectivity index (χ4v) is 7.41. The van der Waals surface area contributed by atoms with Crippen LogP contribution in [0.3, 0.4) is 0 Å². The third kappa shape index (κ3) is 5.15. The fourth-order valence-electron chi connectivity index (χ4n) is 7.41. The molecule has 0 fully saturated rings. The molecule has 9 aromatic rings. The predicted molar refractivity (Wildman–Crippen MR) is 211 cm³/mol. The highest BCUT2D eigenvalue weighted by molar-refractivity contribution is 6.12. The topological polar surface area (TPSA) is 48.8 Å². The summed E-state index contributed by atoms with van der Waals surface area (Å²) in [5.74, 6) is 1.09. The molecule has 0 amide bonds. The standard InChI is InChI=1S/C46H40N4O/c1-45(2,3)31-18-23-40-36(26-31)37-27-32(46(4,5)6)19-24-41(37)50(40)34-22-25-42-38(28-34)35-14-10-11-15-39(35)49(42)33-20-16-30(17-21-33)44-47-43(48-51-44)29-12-8-7-9-13-29/h7-28H,1-6H3. The van der Waals surface area contributed by atoms with Crippen molar-refractivity contribution < 1.29 is 4.52 Å². The van der Waals surface area contributed by atoms with Crippen LogP contribution in [0, 0.1) is 0 Å². The smallest absolute Gasteiger partial charge is 0.258 e. The van der Waals surface area contributed by atoms with Gasteiger partial charge in [0.15, 0.2) is 0 Å². The highest BCUT2D eigenvalue weighted by Crippen LogP contribution is 2.40. The Morgan fingerprint density at radius 2 is 0.961 bits per heavy atom. The number of rotatable bonds is 4. The van der Waals surface area contributed by atoms with Gasteiger partial charge in [0.25, 0.3) is 5.89 Å². The zero-order valence-electron chi connectivity index (χ0n) is 29.9. The Bertz CT molecular complexity index is 2680. The highest BCUT2D eigenvalue weighted by atomic mass is 16.5. The van der Waals surface area contributed by atoms with E-state index in [2.05, 4.69) is 164 Å². The minimum Gasteiger partial charge on any atom is -0.334 e. The van der Waals surface area contributed by atoms with E-state index in [1.54, 1.807) is 0 Å². The van der Waals surface area contributed by atoms with Crippen molar-refractivity contribution in [2.24, 2.45) is 0 Å². The minimum absolute atomic E-state index is 0.0552. The van der Waals surface area contributed by atoms with Gasteiger partial charge in [-0.25, -0.2) is 0 Å². The number of aromatic nitrogens is 4. The Morgan fingerprint density at radius 3 is 1.59 bits per heavy atom. The van der Waals surface area contributed by atoms with Crippen molar-refractivity contribution in [1.82, 2.24) is 19.3 Å². The second-order valence-electron chi connectivity index (χ2n) is 15.7. The second kappa shape index (κ2) is 11.3. The van der Waals surface area contributed by atoms with E-state index in [0.29, 0.717) is 11.7 Å². The summed E-state index contributed by atoms with van der Waals surface area (Å²) in [6.07, 6.45) is 0. The van der Waals surface area contributed by atoms with Crippen LogP contribution in [-0.2, 0) is 10.8 Å². The zero-order chi connectivity index (χ0) is 35.1. The van der Waals surface area contributed by atoms with Crippen molar-refractivity contribution in [3.8, 4) is 34.2 Å². The molecule has 5 nitrogen and oxygen atoms in total. The molecule has 0 spiro atoms. The quantitative estimate of drug-likeness (QED) is 0.188. The summed E-state index contributed by atoms with van der Waals surface area (Å²) in [6.45, 7) is 13.7. The molecule has 0 unspecified atom stereocenters. The summed E-state index contributed by atoms with van der Waals surface area (Å²) < 4.78 is 10.4. The molecule has 0 aliphatic heterocycles. The lowest BCUT2D eigenvalue weighted by molar-refractivity contribution is 0.432. The first kappa shape index (κ1) is 31.1. The molecule has 3 aromatic heterocycles. The number of para-hydroxylation sites is 1. The molecule has 3 heterocycles. The van der Waals surface area contributed by atoms with Gasteiger partial charge in [-0.05, 0) is 94.8 Å². The lowest BCUT2D eigenvalue weighted by Gasteiger charge is -2.19. The molecule has 0 bridgehead atoms. The van der Waals surface area contributed by atoms with Gasteiger partial charge in [0.05, 0.1) is 22.1 Å². The van der Waals surface area contributed by atoms with Crippen molar-refractivity contribution in [2.75, 3.05) is 0 Å². The van der Waals surface area contributed by atoms with E-state index in [-0.39, 0.29) is 10.8 Å². The first-order valence-corrected chi connectivity index (χ1v) is 17.7. The van der Waals surface area contributed by atoms with E-state index in [9.17, 15) is 0 Å². The number of hydrogen-bond donors (Lipinski definition) is 0. The van der Waals surface area contributed by atoms with Crippen LogP contribution in [0.1, 0.15) is 52.7 Å². The lowest BCUT2D eigenvalue weighted by atomic mass is 9.85. The molecule has 0 saturated heterocycles. The predicted octanol–water partition coefficient (Wildman–Crippen LogP) is 12.2. The maximum Gasteiger partial charge on any atom is 0.258 e. The minimum atomic E-state index is 0.0552. The van der Waals surface area contributed by atoms with Crippen LogP contribution in [0.25, 0.3) is 77.8 Å². The van der Waals surface area contributed by atoms with Crippen LogP contribution in [0.5, 0.6) is 0 Å². The van der Waals surface area contributed by atoms with Gasteiger partial charge in [-0.1, -0.05) is 107 Å². The summed E-state index contributed by atoms with van der Waals surface area (Å²) in [7, 11) is 0. The molecular formula is C46H40N4O. The second-order valence-corrected chi connectivity index (χ2v) is 15.7. The van der Waals surface area contributed by atoms with Gasteiger partial charge in [-0.15, -0.1) is 0 Å². The summed E-state index contributed by atoms with van der Waals surface area (Å²) in [5.41, 5.74) is 11.6. The SMILES string of the molecule is CC(C)(C)c1ccc2c(c1)c1cc(C(C)(C)C)ccc1n2-c1ccc2c(c1)c1ccccc1n2-c1ccc(-c2nc(-c3ccccc3)no2)cc1. The largest absolute Gasteiger partial charge is 0.334 e. The molecule has 0 atom stereocenters. The van der Waals surface area contributed by atoms with Gasteiger partial charge in [0.2, 0.25) is 5.82 Å². The summed E-state index contributed by atoms with van der Waals surface area (Å²) >= 11 is 0. The average Bonchev–Trinajstić information content (AvgIpc) is 3.84. The molecule has 9 rings (SSSR count). The van der Waals surface area contributed by atoms with Gasteiger partial charge in [-0.2, -0.15) is 4.98 Å². The van der Waals surface area contributed by atoms with Crippen LogP contribution in [-0.4, -0.2) is 19.3 Å².